The molecule has 3 aromatic carbocycles. The Labute approximate surface area is 150 Å². The molecule has 0 radical (unpaired) electrons. The van der Waals surface area contributed by atoms with Crippen LogP contribution >= 0.6 is 0 Å². The van der Waals surface area contributed by atoms with Crippen LogP contribution in [0.4, 0.5) is 0 Å². The fraction of sp³-hybridized carbons (Fsp3) is 0.0870. The van der Waals surface area contributed by atoms with E-state index in [1.807, 2.05) is 30.3 Å². The number of pyridine rings is 1. The average molecular weight is 338 g/mol. The second-order valence-electron chi connectivity index (χ2n) is 6.94. The van der Waals surface area contributed by atoms with Gasteiger partial charge in [-0.05, 0) is 36.1 Å². The van der Waals surface area contributed by atoms with E-state index in [1.165, 1.54) is 21.9 Å². The third-order valence-electron chi connectivity index (χ3n) is 5.43. The monoisotopic (exact) mass is 338 g/mol. The Morgan fingerprint density at radius 3 is 2.65 bits per heavy atom. The van der Waals surface area contributed by atoms with Gasteiger partial charge in [0.25, 0.3) is 11.2 Å². The maximum atomic E-state index is 6.31. The molecule has 1 aliphatic heterocycles. The van der Waals surface area contributed by atoms with Crippen molar-refractivity contribution in [3.05, 3.63) is 66.2 Å². The fourth-order valence-corrected chi connectivity index (χ4v) is 4.29. The predicted molar refractivity (Wildman–Crippen MR) is 103 cm³/mol. The molecule has 5 aromatic rings. The van der Waals surface area contributed by atoms with E-state index in [-0.39, 0.29) is 0 Å². The summed E-state index contributed by atoms with van der Waals surface area (Å²) in [4.78, 5) is 0. The molecule has 124 valence electrons. The van der Waals surface area contributed by atoms with Crippen LogP contribution < -0.4 is 9.30 Å². The van der Waals surface area contributed by atoms with E-state index in [9.17, 15) is 0 Å². The average Bonchev–Trinajstić information content (AvgIpc) is 3.02. The highest BCUT2D eigenvalue weighted by atomic mass is 16.5. The van der Waals surface area contributed by atoms with Crippen LogP contribution in [-0.4, -0.2) is 0 Å². The smallest absolute Gasteiger partial charge is 0.259 e. The van der Waals surface area contributed by atoms with Gasteiger partial charge in [0, 0.05) is 11.5 Å². The number of nitrogens with zero attached hydrogens (tertiary/aromatic N) is 1. The van der Waals surface area contributed by atoms with Crippen molar-refractivity contribution < 1.29 is 13.7 Å². The third kappa shape index (κ3) is 1.60. The van der Waals surface area contributed by atoms with Crippen molar-refractivity contribution in [3.8, 4) is 22.8 Å². The van der Waals surface area contributed by atoms with Crippen molar-refractivity contribution in [1.82, 2.24) is 0 Å². The molecule has 0 saturated heterocycles. The first-order valence-corrected chi connectivity index (χ1v) is 8.77. The summed E-state index contributed by atoms with van der Waals surface area (Å²) in [5, 5.41) is 3.50. The zero-order chi connectivity index (χ0) is 17.4. The number of hydrogen-bond acceptors (Lipinski definition) is 2. The molecule has 0 N–H and O–H groups in total. The number of hydrogen-bond donors (Lipinski definition) is 0. The predicted octanol–water partition coefficient (Wildman–Crippen LogP) is 5.64. The topological polar surface area (TPSA) is 26.2 Å². The van der Waals surface area contributed by atoms with Crippen molar-refractivity contribution in [2.24, 2.45) is 7.05 Å². The van der Waals surface area contributed by atoms with Crippen LogP contribution in [0.2, 0.25) is 0 Å². The molecule has 0 bridgehead atoms. The SMILES string of the molecule is Cc1ccc2cccc3c2c1-c1c(cc2oc4ccccc4c2[n+]1C)O3. The number of benzene rings is 3. The second-order valence-corrected chi connectivity index (χ2v) is 6.94. The molecule has 3 nitrogen and oxygen atoms in total. The number of aryl methyl sites for hydroxylation is 2. The first kappa shape index (κ1) is 13.9. The van der Waals surface area contributed by atoms with E-state index >= 15 is 0 Å². The summed E-state index contributed by atoms with van der Waals surface area (Å²) in [6.07, 6.45) is 0. The van der Waals surface area contributed by atoms with Crippen molar-refractivity contribution in [3.63, 3.8) is 0 Å². The van der Waals surface area contributed by atoms with Gasteiger partial charge in [-0.3, -0.25) is 0 Å². The summed E-state index contributed by atoms with van der Waals surface area (Å²) in [7, 11) is 2.10. The van der Waals surface area contributed by atoms with Gasteiger partial charge < -0.3 is 9.15 Å². The van der Waals surface area contributed by atoms with Crippen LogP contribution in [0.1, 0.15) is 5.56 Å². The van der Waals surface area contributed by atoms with Gasteiger partial charge in [-0.15, -0.1) is 0 Å². The number of para-hydroxylation sites is 1. The first-order valence-electron chi connectivity index (χ1n) is 8.77. The second kappa shape index (κ2) is 4.64. The number of aromatic nitrogens is 1. The molecule has 0 fully saturated rings. The molecule has 0 saturated carbocycles. The van der Waals surface area contributed by atoms with Gasteiger partial charge in [0.2, 0.25) is 11.3 Å². The molecule has 2 aromatic heterocycles. The molecule has 3 heteroatoms. The molecule has 0 aliphatic carbocycles. The Hall–Kier alpha value is -3.33. The van der Waals surface area contributed by atoms with Gasteiger partial charge in [0.05, 0.1) is 10.9 Å². The molecule has 1 aliphatic rings. The van der Waals surface area contributed by atoms with Crippen molar-refractivity contribution in [2.75, 3.05) is 0 Å². The Kier molecular flexibility index (Phi) is 2.48. The van der Waals surface area contributed by atoms with Gasteiger partial charge in [-0.1, -0.05) is 36.4 Å². The van der Waals surface area contributed by atoms with Gasteiger partial charge in [0.1, 0.15) is 18.4 Å². The van der Waals surface area contributed by atoms with Crippen LogP contribution in [0.5, 0.6) is 11.5 Å². The molecule has 0 atom stereocenters. The highest BCUT2D eigenvalue weighted by molar-refractivity contribution is 6.06. The Balaban J connectivity index is 1.85. The minimum Gasteiger partial charge on any atom is -0.450 e. The quantitative estimate of drug-likeness (QED) is 0.335. The molecular formula is C23H16NO2+. The lowest BCUT2D eigenvalue weighted by molar-refractivity contribution is -0.633. The minimum absolute atomic E-state index is 0.841. The van der Waals surface area contributed by atoms with E-state index in [0.717, 1.165) is 39.3 Å². The summed E-state index contributed by atoms with van der Waals surface area (Å²) in [6, 6.07) is 20.8. The summed E-state index contributed by atoms with van der Waals surface area (Å²) >= 11 is 0. The lowest BCUT2D eigenvalue weighted by atomic mass is 9.93. The summed E-state index contributed by atoms with van der Waals surface area (Å²) < 4.78 is 14.6. The van der Waals surface area contributed by atoms with Gasteiger partial charge in [0.15, 0.2) is 0 Å². The van der Waals surface area contributed by atoms with Crippen LogP contribution in [0, 0.1) is 6.92 Å². The lowest BCUT2D eigenvalue weighted by Crippen LogP contribution is -2.33. The number of rotatable bonds is 0. The Morgan fingerprint density at radius 1 is 0.846 bits per heavy atom. The van der Waals surface area contributed by atoms with E-state index < -0.39 is 0 Å². The van der Waals surface area contributed by atoms with Crippen LogP contribution in [0.3, 0.4) is 0 Å². The molecule has 0 unspecified atom stereocenters. The highest BCUT2D eigenvalue weighted by Crippen LogP contribution is 2.47. The lowest BCUT2D eigenvalue weighted by Gasteiger charge is -2.20. The third-order valence-corrected chi connectivity index (χ3v) is 5.43. The summed E-state index contributed by atoms with van der Waals surface area (Å²) in [6.45, 7) is 2.17. The standard InChI is InChI=1S/C23H16NO2/c1-13-10-11-14-6-5-9-17-21(14)20(13)23-19(26-17)12-18-22(24(23)2)15-7-3-4-8-16(15)25-18/h3-12H,1-2H3/q+1. The van der Waals surface area contributed by atoms with Gasteiger partial charge >= 0.3 is 0 Å². The zero-order valence-corrected chi connectivity index (χ0v) is 14.5. The molecule has 3 heterocycles. The largest absolute Gasteiger partial charge is 0.450 e. The van der Waals surface area contributed by atoms with Crippen LogP contribution in [0.25, 0.3) is 44.1 Å². The van der Waals surface area contributed by atoms with Crippen molar-refractivity contribution >= 4 is 32.8 Å². The number of fused-ring (bicyclic) bond motifs is 5. The van der Waals surface area contributed by atoms with Crippen molar-refractivity contribution in [1.29, 1.82) is 0 Å². The first-order chi connectivity index (χ1) is 12.7. The molecule has 6 rings (SSSR count). The van der Waals surface area contributed by atoms with E-state index in [2.05, 4.69) is 48.9 Å². The van der Waals surface area contributed by atoms with E-state index in [1.54, 1.807) is 0 Å². The Bertz CT molecular complexity index is 1380. The highest BCUT2D eigenvalue weighted by Gasteiger charge is 2.32. The van der Waals surface area contributed by atoms with E-state index in [0.29, 0.717) is 0 Å². The minimum atomic E-state index is 0.841. The van der Waals surface area contributed by atoms with Crippen LogP contribution in [0.15, 0.2) is 65.1 Å². The molecular weight excluding hydrogens is 322 g/mol. The molecule has 26 heavy (non-hydrogen) atoms. The number of furan rings is 1. The van der Waals surface area contributed by atoms with E-state index in [4.69, 9.17) is 9.15 Å². The van der Waals surface area contributed by atoms with Gasteiger partial charge in [-0.25, -0.2) is 0 Å². The maximum absolute atomic E-state index is 6.31. The van der Waals surface area contributed by atoms with Gasteiger partial charge in [-0.2, -0.15) is 4.57 Å². The molecule has 0 amide bonds. The van der Waals surface area contributed by atoms with Crippen molar-refractivity contribution in [2.45, 2.75) is 6.92 Å². The Morgan fingerprint density at radius 2 is 1.73 bits per heavy atom. The number of ether oxygens (including phenoxy) is 1. The summed E-state index contributed by atoms with van der Waals surface area (Å²) in [5.74, 6) is 1.75. The summed E-state index contributed by atoms with van der Waals surface area (Å²) in [5.41, 5.74) is 6.43. The fourth-order valence-electron chi connectivity index (χ4n) is 4.29. The normalized spacial score (nSPS) is 12.5. The maximum Gasteiger partial charge on any atom is 0.259 e. The van der Waals surface area contributed by atoms with Crippen LogP contribution in [-0.2, 0) is 7.05 Å². The molecule has 0 spiro atoms. The zero-order valence-electron chi connectivity index (χ0n) is 14.5.